The lowest BCUT2D eigenvalue weighted by molar-refractivity contribution is 0.102. The van der Waals surface area contributed by atoms with Crippen molar-refractivity contribution in [3.8, 4) is 0 Å². The number of aryl methyl sites for hydroxylation is 1. The summed E-state index contributed by atoms with van der Waals surface area (Å²) in [5.41, 5.74) is 2.60. The van der Waals surface area contributed by atoms with Gasteiger partial charge in [-0.25, -0.2) is 13.9 Å². The first kappa shape index (κ1) is 18.9. The molecular weight excluding hydrogens is 395 g/mol. The Hall–Kier alpha value is -3.45. The Bertz CT molecular complexity index is 1260. The fourth-order valence-corrected chi connectivity index (χ4v) is 3.19. The first-order valence-corrected chi connectivity index (χ1v) is 9.21. The van der Waals surface area contributed by atoms with Gasteiger partial charge in [-0.15, -0.1) is 0 Å². The van der Waals surface area contributed by atoms with E-state index in [4.69, 9.17) is 11.6 Å². The smallest absolute Gasteiger partial charge is 0.276 e. The molecule has 2 heterocycles. The molecule has 6 nitrogen and oxygen atoms in total. The van der Waals surface area contributed by atoms with E-state index in [0.717, 1.165) is 5.56 Å². The Morgan fingerprint density at radius 3 is 2.55 bits per heavy atom. The third-order valence-corrected chi connectivity index (χ3v) is 4.86. The summed E-state index contributed by atoms with van der Waals surface area (Å²) in [6.07, 6.45) is 1.82. The Balaban J connectivity index is 1.68. The third-order valence-electron chi connectivity index (χ3n) is 4.60. The normalized spacial score (nSPS) is 11.0. The van der Waals surface area contributed by atoms with E-state index in [-0.39, 0.29) is 16.8 Å². The van der Waals surface area contributed by atoms with Gasteiger partial charge in [0.15, 0.2) is 5.65 Å². The van der Waals surface area contributed by atoms with E-state index in [1.807, 2.05) is 12.1 Å². The number of hydrogen-bond acceptors (Lipinski definition) is 3. The van der Waals surface area contributed by atoms with E-state index < -0.39 is 11.7 Å². The third kappa shape index (κ3) is 3.77. The van der Waals surface area contributed by atoms with Gasteiger partial charge in [0.05, 0.1) is 0 Å². The lowest BCUT2D eigenvalue weighted by Gasteiger charge is -2.07. The second-order valence-corrected chi connectivity index (χ2v) is 7.03. The molecule has 4 aromatic rings. The van der Waals surface area contributed by atoms with Gasteiger partial charge < -0.3 is 5.32 Å². The van der Waals surface area contributed by atoms with Crippen molar-refractivity contribution in [3.63, 3.8) is 0 Å². The molecule has 146 valence electrons. The Kier molecular flexibility index (Phi) is 4.90. The molecule has 0 bridgehead atoms. The van der Waals surface area contributed by atoms with Crippen molar-refractivity contribution in [1.29, 1.82) is 0 Å². The number of hydrogen-bond donors (Lipinski definition) is 2. The summed E-state index contributed by atoms with van der Waals surface area (Å²) in [6.45, 7) is 1.74. The number of anilines is 1. The highest BCUT2D eigenvalue weighted by atomic mass is 35.5. The van der Waals surface area contributed by atoms with Crippen LogP contribution >= 0.6 is 11.6 Å². The van der Waals surface area contributed by atoms with Crippen molar-refractivity contribution in [2.75, 3.05) is 5.32 Å². The number of halogens is 2. The fraction of sp³-hybridized carbons (Fsp3) is 0.0952. The summed E-state index contributed by atoms with van der Waals surface area (Å²) in [5, 5.41) is 6.09. The molecule has 2 aromatic heterocycles. The molecule has 0 radical (unpaired) electrons. The molecule has 0 saturated carbocycles. The number of rotatable bonds is 4. The standard InChI is InChI=1S/C21H16ClFN4O2/c1-12-17(10-13-2-4-14(22)5-3-13)21(29)27-19(25-12)18(11-24-27)20(28)26-16-8-6-15(23)7-9-16/h2-9,11,24H,10H2,1H3,(H,26,28). The van der Waals surface area contributed by atoms with Crippen LogP contribution in [-0.4, -0.2) is 20.5 Å². The molecule has 2 N–H and O–H groups in total. The first-order chi connectivity index (χ1) is 13.9. The van der Waals surface area contributed by atoms with Gasteiger partial charge in [-0.2, -0.15) is 0 Å². The number of aromatic amines is 1. The second-order valence-electron chi connectivity index (χ2n) is 6.59. The number of carbonyl (C=O) groups excluding carboxylic acids is 1. The highest BCUT2D eigenvalue weighted by molar-refractivity contribution is 6.30. The molecule has 0 aliphatic heterocycles. The highest BCUT2D eigenvalue weighted by Gasteiger charge is 2.18. The molecule has 2 aromatic carbocycles. The van der Waals surface area contributed by atoms with E-state index in [2.05, 4.69) is 15.4 Å². The van der Waals surface area contributed by atoms with Crippen molar-refractivity contribution in [1.82, 2.24) is 14.6 Å². The molecule has 0 atom stereocenters. The molecule has 0 aliphatic carbocycles. The van der Waals surface area contributed by atoms with Gasteiger partial charge in [0, 0.05) is 34.6 Å². The minimum absolute atomic E-state index is 0.215. The molecule has 0 aliphatic rings. The number of H-pyrrole nitrogens is 1. The number of amides is 1. The van der Waals surface area contributed by atoms with Gasteiger partial charge in [-0.05, 0) is 48.9 Å². The summed E-state index contributed by atoms with van der Waals surface area (Å²) in [7, 11) is 0. The maximum absolute atomic E-state index is 13.0. The number of carbonyl (C=O) groups is 1. The van der Waals surface area contributed by atoms with Crippen LogP contribution in [0.4, 0.5) is 10.1 Å². The van der Waals surface area contributed by atoms with E-state index >= 15 is 0 Å². The van der Waals surface area contributed by atoms with Crippen LogP contribution in [0.25, 0.3) is 5.65 Å². The van der Waals surface area contributed by atoms with Gasteiger partial charge in [0.25, 0.3) is 11.5 Å². The lowest BCUT2D eigenvalue weighted by atomic mass is 10.1. The van der Waals surface area contributed by atoms with Gasteiger partial charge in [-0.1, -0.05) is 23.7 Å². The van der Waals surface area contributed by atoms with Gasteiger partial charge in [0.1, 0.15) is 11.4 Å². The molecule has 0 saturated heterocycles. The maximum Gasteiger partial charge on any atom is 0.276 e. The maximum atomic E-state index is 13.0. The molecule has 0 unspecified atom stereocenters. The van der Waals surface area contributed by atoms with E-state index in [1.54, 1.807) is 19.1 Å². The Morgan fingerprint density at radius 1 is 1.17 bits per heavy atom. The van der Waals surface area contributed by atoms with Gasteiger partial charge in [0.2, 0.25) is 0 Å². The number of fused-ring (bicyclic) bond motifs is 1. The zero-order chi connectivity index (χ0) is 20.5. The number of nitrogens with zero attached hydrogens (tertiary/aromatic N) is 2. The predicted octanol–water partition coefficient (Wildman–Crippen LogP) is 3.97. The van der Waals surface area contributed by atoms with Crippen LogP contribution in [0.1, 0.15) is 27.2 Å². The van der Waals surface area contributed by atoms with Crippen LogP contribution in [0.15, 0.2) is 59.5 Å². The first-order valence-electron chi connectivity index (χ1n) is 8.83. The predicted molar refractivity (Wildman–Crippen MR) is 109 cm³/mol. The van der Waals surface area contributed by atoms with Crippen LogP contribution in [0.3, 0.4) is 0 Å². The Morgan fingerprint density at radius 2 is 1.86 bits per heavy atom. The van der Waals surface area contributed by atoms with Crippen molar-refractivity contribution in [2.24, 2.45) is 0 Å². The molecule has 1 amide bonds. The quantitative estimate of drug-likeness (QED) is 0.534. The van der Waals surface area contributed by atoms with Crippen LogP contribution in [0.5, 0.6) is 0 Å². The topological polar surface area (TPSA) is 79.3 Å². The van der Waals surface area contributed by atoms with Crippen LogP contribution in [0.2, 0.25) is 5.02 Å². The van der Waals surface area contributed by atoms with Crippen molar-refractivity contribution < 1.29 is 9.18 Å². The summed E-state index contributed by atoms with van der Waals surface area (Å²) < 4.78 is 14.3. The summed E-state index contributed by atoms with van der Waals surface area (Å²) in [5.74, 6) is -0.848. The second kappa shape index (κ2) is 7.52. The largest absolute Gasteiger partial charge is 0.322 e. The molecule has 0 spiro atoms. The van der Waals surface area contributed by atoms with Gasteiger partial charge in [-0.3, -0.25) is 14.7 Å². The van der Waals surface area contributed by atoms with Crippen LogP contribution < -0.4 is 10.9 Å². The van der Waals surface area contributed by atoms with Crippen molar-refractivity contribution in [3.05, 3.63) is 98.3 Å². The van der Waals surface area contributed by atoms with E-state index in [1.165, 1.54) is 35.0 Å². The van der Waals surface area contributed by atoms with Crippen LogP contribution in [0, 0.1) is 12.7 Å². The Labute approximate surface area is 170 Å². The lowest BCUT2D eigenvalue weighted by Crippen LogP contribution is -2.23. The fourth-order valence-electron chi connectivity index (χ4n) is 3.06. The van der Waals surface area contributed by atoms with Crippen LogP contribution in [-0.2, 0) is 6.42 Å². The van der Waals surface area contributed by atoms with E-state index in [9.17, 15) is 14.0 Å². The summed E-state index contributed by atoms with van der Waals surface area (Å²) in [6, 6.07) is 12.7. The monoisotopic (exact) mass is 410 g/mol. The van der Waals surface area contributed by atoms with Gasteiger partial charge >= 0.3 is 0 Å². The molecule has 29 heavy (non-hydrogen) atoms. The minimum atomic E-state index is -0.452. The average molecular weight is 411 g/mol. The number of benzene rings is 2. The molecule has 8 heteroatoms. The molecule has 0 fully saturated rings. The van der Waals surface area contributed by atoms with E-state index in [0.29, 0.717) is 28.4 Å². The summed E-state index contributed by atoms with van der Waals surface area (Å²) in [4.78, 5) is 30.0. The molecular formula is C21H16ClFN4O2. The van der Waals surface area contributed by atoms with Crippen molar-refractivity contribution >= 4 is 28.8 Å². The molecule has 4 rings (SSSR count). The zero-order valence-electron chi connectivity index (χ0n) is 15.4. The average Bonchev–Trinajstić information content (AvgIpc) is 3.12. The zero-order valence-corrected chi connectivity index (χ0v) is 16.1. The minimum Gasteiger partial charge on any atom is -0.322 e. The van der Waals surface area contributed by atoms with Crippen molar-refractivity contribution in [2.45, 2.75) is 13.3 Å². The summed E-state index contributed by atoms with van der Waals surface area (Å²) >= 11 is 5.91. The highest BCUT2D eigenvalue weighted by Crippen LogP contribution is 2.16. The number of aromatic nitrogens is 3. The SMILES string of the molecule is Cc1nc2c(C(=O)Nc3ccc(F)cc3)c[nH]n2c(=O)c1Cc1ccc(Cl)cc1. The number of nitrogens with one attached hydrogen (secondary N) is 2.